The lowest BCUT2D eigenvalue weighted by molar-refractivity contribution is -0.132. The van der Waals surface area contributed by atoms with Crippen LogP contribution in [0.15, 0.2) is 24.3 Å². The number of carbonyl (C=O) groups is 1. The topological polar surface area (TPSA) is 29.5 Å². The van der Waals surface area contributed by atoms with Crippen molar-refractivity contribution in [2.45, 2.75) is 39.0 Å². The fourth-order valence-corrected chi connectivity index (χ4v) is 2.38. The summed E-state index contributed by atoms with van der Waals surface area (Å²) in [6.45, 7) is 4.45. The number of piperidine rings is 1. The summed E-state index contributed by atoms with van der Waals surface area (Å²) in [5.74, 6) is 1.08. The summed E-state index contributed by atoms with van der Waals surface area (Å²) in [6, 6.07) is 8.10. The molecule has 0 spiro atoms. The van der Waals surface area contributed by atoms with Crippen molar-refractivity contribution in [1.29, 1.82) is 0 Å². The van der Waals surface area contributed by atoms with E-state index in [2.05, 4.69) is 19.1 Å². The van der Waals surface area contributed by atoms with Crippen molar-refractivity contribution in [3.8, 4) is 5.75 Å². The highest BCUT2D eigenvalue weighted by Gasteiger charge is 2.15. The maximum absolute atomic E-state index is 11.9. The first-order chi connectivity index (χ1) is 9.29. The Morgan fingerprint density at radius 3 is 2.47 bits per heavy atom. The molecule has 1 aliphatic rings. The van der Waals surface area contributed by atoms with Crippen molar-refractivity contribution in [1.82, 2.24) is 4.90 Å². The Kier molecular flexibility index (Phi) is 5.25. The van der Waals surface area contributed by atoms with Crippen LogP contribution < -0.4 is 4.74 Å². The smallest absolute Gasteiger partial charge is 0.225 e. The fraction of sp³-hybridized carbons (Fsp3) is 0.562. The van der Waals surface area contributed by atoms with E-state index in [1.165, 1.54) is 12.0 Å². The molecule has 1 aromatic rings. The number of nitrogens with zero attached hydrogens (tertiary/aromatic N) is 1. The van der Waals surface area contributed by atoms with Crippen LogP contribution in [0.3, 0.4) is 0 Å². The first-order valence-corrected chi connectivity index (χ1v) is 7.29. The summed E-state index contributed by atoms with van der Waals surface area (Å²) in [5, 5.41) is 0. The molecule has 0 aromatic heterocycles. The van der Waals surface area contributed by atoms with Gasteiger partial charge in [-0.1, -0.05) is 19.1 Å². The minimum Gasteiger partial charge on any atom is -0.493 e. The number of carbonyl (C=O) groups excluding carboxylic acids is 1. The summed E-state index contributed by atoms with van der Waals surface area (Å²) in [6.07, 6.45) is 5.06. The van der Waals surface area contributed by atoms with E-state index >= 15 is 0 Å². The number of amides is 1. The number of ether oxygens (including phenoxy) is 1. The van der Waals surface area contributed by atoms with Gasteiger partial charge in [-0.25, -0.2) is 0 Å². The molecule has 0 bridgehead atoms. The van der Waals surface area contributed by atoms with E-state index in [0.717, 1.165) is 38.1 Å². The molecule has 3 nitrogen and oxygen atoms in total. The van der Waals surface area contributed by atoms with Crippen LogP contribution in [0.4, 0.5) is 0 Å². The maximum atomic E-state index is 11.9. The second kappa shape index (κ2) is 7.17. The molecule has 1 aliphatic heterocycles. The predicted molar refractivity (Wildman–Crippen MR) is 76.4 cm³/mol. The van der Waals surface area contributed by atoms with Crippen molar-refractivity contribution < 1.29 is 9.53 Å². The summed E-state index contributed by atoms with van der Waals surface area (Å²) >= 11 is 0. The van der Waals surface area contributed by atoms with Gasteiger partial charge in [0.05, 0.1) is 13.0 Å². The lowest BCUT2D eigenvalue weighted by Crippen LogP contribution is -2.36. The number of benzene rings is 1. The van der Waals surface area contributed by atoms with Gasteiger partial charge in [0.2, 0.25) is 5.91 Å². The second-order valence-electron chi connectivity index (χ2n) is 5.04. The Bertz CT molecular complexity index is 394. The lowest BCUT2D eigenvalue weighted by atomic mass is 10.1. The molecule has 1 aromatic carbocycles. The molecule has 0 atom stereocenters. The molecule has 19 heavy (non-hydrogen) atoms. The Balaban J connectivity index is 1.71. The van der Waals surface area contributed by atoms with Gasteiger partial charge in [0, 0.05) is 13.1 Å². The SMILES string of the molecule is CCc1ccc(OCCC(=O)N2CCCCC2)cc1. The van der Waals surface area contributed by atoms with E-state index in [1.54, 1.807) is 0 Å². The van der Waals surface area contributed by atoms with Crippen LogP contribution in [0.5, 0.6) is 5.75 Å². The normalized spacial score (nSPS) is 15.3. The Hall–Kier alpha value is -1.51. The fourth-order valence-electron chi connectivity index (χ4n) is 2.38. The zero-order valence-corrected chi connectivity index (χ0v) is 11.7. The summed E-state index contributed by atoms with van der Waals surface area (Å²) in [5.41, 5.74) is 1.30. The van der Waals surface area contributed by atoms with Crippen LogP contribution in [0, 0.1) is 0 Å². The van der Waals surface area contributed by atoms with E-state index < -0.39 is 0 Å². The van der Waals surface area contributed by atoms with Gasteiger partial charge >= 0.3 is 0 Å². The zero-order valence-electron chi connectivity index (χ0n) is 11.7. The molecule has 104 valence electrons. The lowest BCUT2D eigenvalue weighted by Gasteiger charge is -2.26. The van der Waals surface area contributed by atoms with Crippen LogP contribution >= 0.6 is 0 Å². The van der Waals surface area contributed by atoms with Crippen LogP contribution in [0.1, 0.15) is 38.2 Å². The highest BCUT2D eigenvalue weighted by Crippen LogP contribution is 2.14. The van der Waals surface area contributed by atoms with E-state index in [4.69, 9.17) is 4.74 Å². The van der Waals surface area contributed by atoms with Crippen LogP contribution in [0.2, 0.25) is 0 Å². The van der Waals surface area contributed by atoms with Gasteiger partial charge in [-0.05, 0) is 43.4 Å². The highest BCUT2D eigenvalue weighted by atomic mass is 16.5. The van der Waals surface area contributed by atoms with Crippen molar-refractivity contribution in [3.05, 3.63) is 29.8 Å². The van der Waals surface area contributed by atoms with Gasteiger partial charge in [0.25, 0.3) is 0 Å². The van der Waals surface area contributed by atoms with Crippen LogP contribution in [-0.2, 0) is 11.2 Å². The molecule has 0 unspecified atom stereocenters. The van der Waals surface area contributed by atoms with Gasteiger partial charge in [-0.3, -0.25) is 4.79 Å². The van der Waals surface area contributed by atoms with Crippen molar-refractivity contribution >= 4 is 5.91 Å². The summed E-state index contributed by atoms with van der Waals surface area (Å²) in [7, 11) is 0. The minimum absolute atomic E-state index is 0.227. The molecule has 1 amide bonds. The van der Waals surface area contributed by atoms with Gasteiger partial charge < -0.3 is 9.64 Å². The van der Waals surface area contributed by atoms with Gasteiger partial charge in [-0.15, -0.1) is 0 Å². The van der Waals surface area contributed by atoms with Crippen LogP contribution in [-0.4, -0.2) is 30.5 Å². The van der Waals surface area contributed by atoms with Crippen molar-refractivity contribution in [2.75, 3.05) is 19.7 Å². The van der Waals surface area contributed by atoms with Gasteiger partial charge in [0.15, 0.2) is 0 Å². The molecule has 1 fully saturated rings. The number of likely N-dealkylation sites (tertiary alicyclic amines) is 1. The first-order valence-electron chi connectivity index (χ1n) is 7.29. The molecule has 2 rings (SSSR count). The molecule has 0 aliphatic carbocycles. The molecule has 1 saturated heterocycles. The number of aryl methyl sites for hydroxylation is 1. The quantitative estimate of drug-likeness (QED) is 0.815. The maximum Gasteiger partial charge on any atom is 0.225 e. The average Bonchev–Trinajstić information content (AvgIpc) is 2.49. The Morgan fingerprint density at radius 1 is 1.16 bits per heavy atom. The number of hydrogen-bond acceptors (Lipinski definition) is 2. The van der Waals surface area contributed by atoms with E-state index in [9.17, 15) is 4.79 Å². The van der Waals surface area contributed by atoms with E-state index in [1.807, 2.05) is 17.0 Å². The molecule has 1 heterocycles. The third-order valence-electron chi connectivity index (χ3n) is 3.63. The first kappa shape index (κ1) is 13.9. The van der Waals surface area contributed by atoms with Crippen LogP contribution in [0.25, 0.3) is 0 Å². The van der Waals surface area contributed by atoms with Gasteiger partial charge in [0.1, 0.15) is 5.75 Å². The average molecular weight is 261 g/mol. The van der Waals surface area contributed by atoms with E-state index in [-0.39, 0.29) is 5.91 Å². The number of rotatable bonds is 5. The molecular weight excluding hydrogens is 238 g/mol. The molecule has 0 N–H and O–H groups in total. The number of hydrogen-bond donors (Lipinski definition) is 0. The summed E-state index contributed by atoms with van der Waals surface area (Å²) < 4.78 is 5.62. The van der Waals surface area contributed by atoms with Gasteiger partial charge in [-0.2, -0.15) is 0 Å². The third-order valence-corrected chi connectivity index (χ3v) is 3.63. The monoisotopic (exact) mass is 261 g/mol. The minimum atomic E-state index is 0.227. The molecular formula is C16H23NO2. The molecule has 3 heteroatoms. The second-order valence-corrected chi connectivity index (χ2v) is 5.04. The van der Waals surface area contributed by atoms with E-state index in [0.29, 0.717) is 13.0 Å². The molecule has 0 saturated carbocycles. The predicted octanol–water partition coefficient (Wildman–Crippen LogP) is 3.03. The largest absolute Gasteiger partial charge is 0.493 e. The van der Waals surface area contributed by atoms with Crippen molar-refractivity contribution in [2.24, 2.45) is 0 Å². The zero-order chi connectivity index (χ0) is 13.5. The Labute approximate surface area is 115 Å². The standard InChI is InChI=1S/C16H23NO2/c1-2-14-6-8-15(9-7-14)19-13-10-16(18)17-11-4-3-5-12-17/h6-9H,2-5,10-13H2,1H3. The van der Waals surface area contributed by atoms with Crippen molar-refractivity contribution in [3.63, 3.8) is 0 Å². The summed E-state index contributed by atoms with van der Waals surface area (Å²) in [4.78, 5) is 13.9. The Morgan fingerprint density at radius 2 is 1.84 bits per heavy atom. The third kappa shape index (κ3) is 4.27. The molecule has 0 radical (unpaired) electrons. The highest BCUT2D eigenvalue weighted by molar-refractivity contribution is 5.76.